The second-order valence-corrected chi connectivity index (χ2v) is 6.28. The molecule has 1 heteroatoms. The second kappa shape index (κ2) is 8.46. The van der Waals surface area contributed by atoms with Crippen LogP contribution in [-0.4, -0.2) is 6.54 Å². The summed E-state index contributed by atoms with van der Waals surface area (Å²) < 4.78 is 0. The molecular weight excluding hydrogens is 242 g/mol. The lowest BCUT2D eigenvalue weighted by Gasteiger charge is -2.28. The Morgan fingerprint density at radius 2 is 1.65 bits per heavy atom. The Kier molecular flexibility index (Phi) is 6.59. The van der Waals surface area contributed by atoms with Crippen LogP contribution >= 0.6 is 0 Å². The van der Waals surface area contributed by atoms with Crippen molar-refractivity contribution in [2.75, 3.05) is 6.54 Å². The Hall–Kier alpha value is -0.820. The van der Waals surface area contributed by atoms with Crippen molar-refractivity contribution >= 4 is 0 Å². The molecule has 112 valence electrons. The predicted molar refractivity (Wildman–Crippen MR) is 88.0 cm³/mol. The quantitative estimate of drug-likeness (QED) is 0.697. The highest BCUT2D eigenvalue weighted by atomic mass is 14.9. The van der Waals surface area contributed by atoms with Gasteiger partial charge in [0.15, 0.2) is 0 Å². The fraction of sp³-hybridized carbons (Fsp3) is 0.684. The number of hydrogen-bond donors (Lipinski definition) is 1. The van der Waals surface area contributed by atoms with Crippen molar-refractivity contribution in [3.63, 3.8) is 0 Å². The minimum atomic E-state index is 0.568. The molecule has 1 nitrogen and oxygen atoms in total. The van der Waals surface area contributed by atoms with Crippen molar-refractivity contribution in [3.8, 4) is 0 Å². The zero-order valence-corrected chi connectivity index (χ0v) is 13.3. The number of aryl methyl sites for hydroxylation is 1. The largest absolute Gasteiger partial charge is 0.310 e. The molecule has 1 aliphatic rings. The van der Waals surface area contributed by atoms with E-state index in [-0.39, 0.29) is 0 Å². The SMILES string of the molecule is CCCNC(c1ccc(CC)cc1)C1CCCCCC1. The van der Waals surface area contributed by atoms with Gasteiger partial charge in [-0.2, -0.15) is 0 Å². The zero-order chi connectivity index (χ0) is 14.2. The summed E-state index contributed by atoms with van der Waals surface area (Å²) in [6.07, 6.45) is 10.9. The average Bonchev–Trinajstić information content (AvgIpc) is 2.77. The van der Waals surface area contributed by atoms with E-state index in [0.717, 1.165) is 18.9 Å². The van der Waals surface area contributed by atoms with Gasteiger partial charge in [0, 0.05) is 6.04 Å². The monoisotopic (exact) mass is 273 g/mol. The fourth-order valence-corrected chi connectivity index (χ4v) is 3.46. The predicted octanol–water partition coefficient (Wildman–Crippen LogP) is 5.26. The van der Waals surface area contributed by atoms with Crippen molar-refractivity contribution < 1.29 is 0 Å². The highest BCUT2D eigenvalue weighted by Gasteiger charge is 2.23. The first-order valence-electron chi connectivity index (χ1n) is 8.67. The summed E-state index contributed by atoms with van der Waals surface area (Å²) in [7, 11) is 0. The van der Waals surface area contributed by atoms with E-state index in [1.165, 1.54) is 56.1 Å². The van der Waals surface area contributed by atoms with Crippen LogP contribution in [-0.2, 0) is 6.42 Å². The third-order valence-electron chi connectivity index (χ3n) is 4.73. The highest BCUT2D eigenvalue weighted by Crippen LogP contribution is 2.33. The molecule has 0 radical (unpaired) electrons. The lowest BCUT2D eigenvalue weighted by molar-refractivity contribution is 0.326. The molecule has 2 rings (SSSR count). The molecule has 1 N–H and O–H groups in total. The van der Waals surface area contributed by atoms with E-state index in [1.54, 1.807) is 0 Å². The van der Waals surface area contributed by atoms with Crippen LogP contribution in [0.5, 0.6) is 0 Å². The minimum absolute atomic E-state index is 0.568. The molecule has 1 saturated carbocycles. The van der Waals surface area contributed by atoms with E-state index in [2.05, 4.69) is 43.4 Å². The molecule has 20 heavy (non-hydrogen) atoms. The number of nitrogens with one attached hydrogen (secondary N) is 1. The molecule has 0 aromatic heterocycles. The summed E-state index contributed by atoms with van der Waals surface area (Å²) in [4.78, 5) is 0. The van der Waals surface area contributed by atoms with E-state index in [9.17, 15) is 0 Å². The van der Waals surface area contributed by atoms with Gasteiger partial charge in [0.2, 0.25) is 0 Å². The maximum atomic E-state index is 3.82. The van der Waals surface area contributed by atoms with E-state index in [0.29, 0.717) is 6.04 Å². The first-order chi connectivity index (χ1) is 9.85. The van der Waals surface area contributed by atoms with Gasteiger partial charge in [-0.05, 0) is 49.3 Å². The van der Waals surface area contributed by atoms with Crippen LogP contribution < -0.4 is 5.32 Å². The molecule has 0 amide bonds. The summed E-state index contributed by atoms with van der Waals surface area (Å²) in [5.74, 6) is 0.830. The Morgan fingerprint density at radius 3 is 2.20 bits per heavy atom. The van der Waals surface area contributed by atoms with Crippen molar-refractivity contribution in [2.24, 2.45) is 5.92 Å². The van der Waals surface area contributed by atoms with Gasteiger partial charge in [-0.1, -0.05) is 63.8 Å². The summed E-state index contributed by atoms with van der Waals surface area (Å²) in [6.45, 7) is 5.63. The van der Waals surface area contributed by atoms with Crippen molar-refractivity contribution in [3.05, 3.63) is 35.4 Å². The van der Waals surface area contributed by atoms with Gasteiger partial charge >= 0.3 is 0 Å². The standard InChI is InChI=1S/C19H31N/c1-3-15-20-19(17-9-7-5-6-8-10-17)18-13-11-16(4-2)12-14-18/h11-14,17,19-20H,3-10,15H2,1-2H3. The summed E-state index contributed by atoms with van der Waals surface area (Å²) in [5.41, 5.74) is 2.95. The Morgan fingerprint density at radius 1 is 1.00 bits per heavy atom. The van der Waals surface area contributed by atoms with Gasteiger partial charge in [0.1, 0.15) is 0 Å². The molecule has 0 spiro atoms. The molecule has 1 aromatic carbocycles. The highest BCUT2D eigenvalue weighted by molar-refractivity contribution is 5.25. The first kappa shape index (κ1) is 15.6. The lowest BCUT2D eigenvalue weighted by atomic mass is 9.86. The first-order valence-corrected chi connectivity index (χ1v) is 8.67. The van der Waals surface area contributed by atoms with Gasteiger partial charge in [-0.3, -0.25) is 0 Å². The van der Waals surface area contributed by atoms with Crippen LogP contribution in [0.15, 0.2) is 24.3 Å². The molecule has 0 bridgehead atoms. The molecule has 0 aliphatic heterocycles. The van der Waals surface area contributed by atoms with Crippen molar-refractivity contribution in [2.45, 2.75) is 71.3 Å². The van der Waals surface area contributed by atoms with Crippen LogP contribution in [0, 0.1) is 5.92 Å². The topological polar surface area (TPSA) is 12.0 Å². The molecule has 1 aromatic rings. The third-order valence-corrected chi connectivity index (χ3v) is 4.73. The second-order valence-electron chi connectivity index (χ2n) is 6.28. The van der Waals surface area contributed by atoms with Crippen molar-refractivity contribution in [1.29, 1.82) is 0 Å². The fourth-order valence-electron chi connectivity index (χ4n) is 3.46. The van der Waals surface area contributed by atoms with Gasteiger partial charge in [0.25, 0.3) is 0 Å². The Balaban J connectivity index is 2.11. The average molecular weight is 273 g/mol. The molecule has 1 aliphatic carbocycles. The summed E-state index contributed by atoms with van der Waals surface area (Å²) in [5, 5.41) is 3.82. The molecule has 1 atom stereocenters. The smallest absolute Gasteiger partial charge is 0.0348 e. The number of benzene rings is 1. The zero-order valence-electron chi connectivity index (χ0n) is 13.3. The van der Waals surface area contributed by atoms with E-state index >= 15 is 0 Å². The van der Waals surface area contributed by atoms with Crippen LogP contribution in [0.25, 0.3) is 0 Å². The number of hydrogen-bond acceptors (Lipinski definition) is 1. The molecule has 1 unspecified atom stereocenters. The number of rotatable bonds is 6. The maximum Gasteiger partial charge on any atom is 0.0348 e. The minimum Gasteiger partial charge on any atom is -0.310 e. The van der Waals surface area contributed by atoms with Crippen molar-refractivity contribution in [1.82, 2.24) is 5.32 Å². The molecular formula is C19H31N. The van der Waals surface area contributed by atoms with Crippen LogP contribution in [0.2, 0.25) is 0 Å². The van der Waals surface area contributed by atoms with Crippen LogP contribution in [0.3, 0.4) is 0 Å². The van der Waals surface area contributed by atoms with Gasteiger partial charge in [-0.15, -0.1) is 0 Å². The Labute approximate surface area is 125 Å². The molecule has 0 saturated heterocycles. The van der Waals surface area contributed by atoms with E-state index in [4.69, 9.17) is 0 Å². The van der Waals surface area contributed by atoms with E-state index < -0.39 is 0 Å². The maximum absolute atomic E-state index is 3.82. The van der Waals surface area contributed by atoms with Gasteiger partial charge < -0.3 is 5.32 Å². The lowest BCUT2D eigenvalue weighted by Crippen LogP contribution is -2.29. The van der Waals surface area contributed by atoms with E-state index in [1.807, 2.05) is 0 Å². The summed E-state index contributed by atoms with van der Waals surface area (Å²) in [6, 6.07) is 9.91. The Bertz CT molecular complexity index is 360. The normalized spacial score (nSPS) is 18.7. The third kappa shape index (κ3) is 4.34. The van der Waals surface area contributed by atoms with Gasteiger partial charge in [0.05, 0.1) is 0 Å². The molecule has 0 heterocycles. The molecule has 1 fully saturated rings. The van der Waals surface area contributed by atoms with Crippen LogP contribution in [0.1, 0.15) is 76.0 Å². The van der Waals surface area contributed by atoms with Gasteiger partial charge in [-0.25, -0.2) is 0 Å². The summed E-state index contributed by atoms with van der Waals surface area (Å²) >= 11 is 0. The van der Waals surface area contributed by atoms with Crippen LogP contribution in [0.4, 0.5) is 0 Å².